The normalized spacial score (nSPS) is 20.2. The average Bonchev–Trinajstić information content (AvgIpc) is 2.87. The van der Waals surface area contributed by atoms with E-state index in [-0.39, 0.29) is 0 Å². The maximum absolute atomic E-state index is 5.77. The summed E-state index contributed by atoms with van der Waals surface area (Å²) >= 11 is 3.50. The van der Waals surface area contributed by atoms with E-state index < -0.39 is 0 Å². The summed E-state index contributed by atoms with van der Waals surface area (Å²) in [5, 5.41) is 11.7. The lowest BCUT2D eigenvalue weighted by Gasteiger charge is -2.30. The number of aromatic nitrogens is 2. The minimum absolute atomic E-state index is 0.509. The fraction of sp³-hybridized carbons (Fsp3) is 0.429. The molecule has 0 bridgehead atoms. The van der Waals surface area contributed by atoms with Gasteiger partial charge in [-0.2, -0.15) is 0 Å². The maximum atomic E-state index is 5.77. The van der Waals surface area contributed by atoms with Crippen molar-refractivity contribution in [2.75, 3.05) is 19.6 Å². The Hall–Kier alpha value is -1.24. The zero-order chi connectivity index (χ0) is 13.9. The van der Waals surface area contributed by atoms with Gasteiger partial charge in [-0.25, -0.2) is 0 Å². The Morgan fingerprint density at radius 3 is 3.05 bits per heavy atom. The average molecular weight is 337 g/mol. The van der Waals surface area contributed by atoms with Crippen LogP contribution in [0.2, 0.25) is 0 Å². The van der Waals surface area contributed by atoms with E-state index in [0.717, 1.165) is 29.7 Å². The highest BCUT2D eigenvalue weighted by Gasteiger charge is 2.18. The van der Waals surface area contributed by atoms with Crippen molar-refractivity contribution in [1.82, 2.24) is 20.4 Å². The Morgan fingerprint density at radius 1 is 1.40 bits per heavy atom. The number of halogens is 1. The van der Waals surface area contributed by atoms with E-state index in [1.54, 1.807) is 0 Å². The number of nitrogens with one attached hydrogen (secondary N) is 1. The molecule has 1 aliphatic heterocycles. The van der Waals surface area contributed by atoms with Crippen molar-refractivity contribution in [3.63, 3.8) is 0 Å². The minimum Gasteiger partial charge on any atom is -0.419 e. The molecule has 20 heavy (non-hydrogen) atoms. The van der Waals surface area contributed by atoms with E-state index >= 15 is 0 Å². The third kappa shape index (κ3) is 3.08. The summed E-state index contributed by atoms with van der Waals surface area (Å²) in [4.78, 5) is 2.33. The zero-order valence-corrected chi connectivity index (χ0v) is 12.9. The van der Waals surface area contributed by atoms with Crippen LogP contribution in [0, 0.1) is 0 Å². The van der Waals surface area contributed by atoms with E-state index in [4.69, 9.17) is 4.42 Å². The standard InChI is InChI=1S/C14H17BrN4O/c1-10-8-19(7-6-16-10)9-13-17-18-14(20-13)11-4-2-3-5-12(11)15/h2-5,10,16H,6-9H2,1H3/t10-/m1/s1. The van der Waals surface area contributed by atoms with Crippen LogP contribution >= 0.6 is 15.9 Å². The summed E-state index contributed by atoms with van der Waals surface area (Å²) in [5.74, 6) is 1.24. The molecule has 106 valence electrons. The van der Waals surface area contributed by atoms with Gasteiger partial charge in [0.15, 0.2) is 0 Å². The molecule has 6 heteroatoms. The van der Waals surface area contributed by atoms with Crippen LogP contribution in [0.15, 0.2) is 33.2 Å². The van der Waals surface area contributed by atoms with Gasteiger partial charge >= 0.3 is 0 Å². The van der Waals surface area contributed by atoms with Crippen molar-refractivity contribution in [1.29, 1.82) is 0 Å². The first-order valence-electron chi connectivity index (χ1n) is 6.75. The Balaban J connectivity index is 1.72. The highest BCUT2D eigenvalue weighted by Crippen LogP contribution is 2.26. The molecule has 0 saturated carbocycles. The van der Waals surface area contributed by atoms with Gasteiger partial charge in [0.1, 0.15) is 0 Å². The first-order chi connectivity index (χ1) is 9.72. The van der Waals surface area contributed by atoms with Crippen molar-refractivity contribution in [3.8, 4) is 11.5 Å². The number of piperazine rings is 1. The van der Waals surface area contributed by atoms with Crippen molar-refractivity contribution in [3.05, 3.63) is 34.6 Å². The molecule has 1 aromatic heterocycles. The Bertz CT molecular complexity index is 586. The SMILES string of the molecule is C[C@@H]1CN(Cc2nnc(-c3ccccc3Br)o2)CCN1. The van der Waals surface area contributed by atoms with Crippen molar-refractivity contribution in [2.24, 2.45) is 0 Å². The van der Waals surface area contributed by atoms with Crippen LogP contribution in [-0.2, 0) is 6.54 Å². The first kappa shape index (κ1) is 13.7. The second kappa shape index (κ2) is 6.03. The maximum Gasteiger partial charge on any atom is 0.248 e. The Kier molecular flexibility index (Phi) is 4.14. The van der Waals surface area contributed by atoms with E-state index in [2.05, 4.69) is 43.3 Å². The van der Waals surface area contributed by atoms with Gasteiger partial charge in [0.25, 0.3) is 0 Å². The van der Waals surface area contributed by atoms with Crippen LogP contribution in [-0.4, -0.2) is 40.8 Å². The van der Waals surface area contributed by atoms with Crippen LogP contribution in [0.3, 0.4) is 0 Å². The molecule has 1 aromatic carbocycles. The number of nitrogens with zero attached hydrogens (tertiary/aromatic N) is 3. The molecule has 2 aromatic rings. The number of hydrogen-bond donors (Lipinski definition) is 1. The molecule has 1 aliphatic rings. The lowest BCUT2D eigenvalue weighted by atomic mass is 10.2. The fourth-order valence-electron chi connectivity index (χ4n) is 2.41. The molecule has 0 radical (unpaired) electrons. The van der Waals surface area contributed by atoms with Crippen molar-refractivity contribution >= 4 is 15.9 Å². The van der Waals surface area contributed by atoms with Gasteiger partial charge in [0.05, 0.1) is 12.1 Å². The summed E-state index contributed by atoms with van der Waals surface area (Å²) in [6.45, 7) is 5.92. The highest BCUT2D eigenvalue weighted by molar-refractivity contribution is 9.10. The van der Waals surface area contributed by atoms with Gasteiger partial charge in [-0.1, -0.05) is 12.1 Å². The molecule has 2 heterocycles. The molecule has 0 aliphatic carbocycles. The fourth-order valence-corrected chi connectivity index (χ4v) is 2.86. The molecular weight excluding hydrogens is 320 g/mol. The minimum atomic E-state index is 0.509. The summed E-state index contributed by atoms with van der Waals surface area (Å²) in [7, 11) is 0. The summed E-state index contributed by atoms with van der Waals surface area (Å²) in [6, 6.07) is 8.37. The van der Waals surface area contributed by atoms with Crippen molar-refractivity contribution in [2.45, 2.75) is 19.5 Å². The lowest BCUT2D eigenvalue weighted by molar-refractivity contribution is 0.184. The monoisotopic (exact) mass is 336 g/mol. The number of benzene rings is 1. The van der Waals surface area contributed by atoms with Crippen LogP contribution in [0.4, 0.5) is 0 Å². The second-order valence-electron chi connectivity index (χ2n) is 5.07. The van der Waals surface area contributed by atoms with Crippen LogP contribution in [0.5, 0.6) is 0 Å². The smallest absolute Gasteiger partial charge is 0.248 e. The van der Waals surface area contributed by atoms with Crippen LogP contribution in [0.25, 0.3) is 11.5 Å². The van der Waals surface area contributed by atoms with Gasteiger partial charge < -0.3 is 9.73 Å². The highest BCUT2D eigenvalue weighted by atomic mass is 79.9. The number of rotatable bonds is 3. The van der Waals surface area contributed by atoms with Gasteiger partial charge in [-0.15, -0.1) is 10.2 Å². The Morgan fingerprint density at radius 2 is 2.25 bits per heavy atom. The second-order valence-corrected chi connectivity index (χ2v) is 5.93. The van der Waals surface area contributed by atoms with Gasteiger partial charge in [0, 0.05) is 30.1 Å². The molecule has 0 spiro atoms. The van der Waals surface area contributed by atoms with Crippen molar-refractivity contribution < 1.29 is 4.42 Å². The predicted octanol–water partition coefficient (Wildman–Crippen LogP) is 2.29. The largest absolute Gasteiger partial charge is 0.419 e. The van der Waals surface area contributed by atoms with E-state index in [9.17, 15) is 0 Å². The van der Waals surface area contributed by atoms with E-state index in [0.29, 0.717) is 24.4 Å². The summed E-state index contributed by atoms with van der Waals surface area (Å²) in [6.07, 6.45) is 0. The molecule has 5 nitrogen and oxygen atoms in total. The number of hydrogen-bond acceptors (Lipinski definition) is 5. The molecule has 1 saturated heterocycles. The topological polar surface area (TPSA) is 54.2 Å². The van der Waals surface area contributed by atoms with E-state index in [1.165, 1.54) is 0 Å². The van der Waals surface area contributed by atoms with Crippen LogP contribution < -0.4 is 5.32 Å². The molecular formula is C14H17BrN4O. The first-order valence-corrected chi connectivity index (χ1v) is 7.54. The quantitative estimate of drug-likeness (QED) is 0.931. The molecule has 1 N–H and O–H groups in total. The Labute approximate surface area is 126 Å². The zero-order valence-electron chi connectivity index (χ0n) is 11.3. The molecule has 0 amide bonds. The van der Waals surface area contributed by atoms with Gasteiger partial charge in [-0.3, -0.25) is 4.90 Å². The third-order valence-corrected chi connectivity index (χ3v) is 4.07. The van der Waals surface area contributed by atoms with E-state index in [1.807, 2.05) is 24.3 Å². The molecule has 1 fully saturated rings. The molecule has 1 atom stereocenters. The summed E-state index contributed by atoms with van der Waals surface area (Å²) in [5.41, 5.74) is 0.930. The summed E-state index contributed by atoms with van der Waals surface area (Å²) < 4.78 is 6.74. The predicted molar refractivity (Wildman–Crippen MR) is 80.2 cm³/mol. The van der Waals surface area contributed by atoms with Gasteiger partial charge in [0.2, 0.25) is 11.8 Å². The lowest BCUT2D eigenvalue weighted by Crippen LogP contribution is -2.48. The molecule has 0 unspecified atom stereocenters. The molecule has 3 rings (SSSR count). The van der Waals surface area contributed by atoms with Crippen LogP contribution in [0.1, 0.15) is 12.8 Å². The van der Waals surface area contributed by atoms with Gasteiger partial charge in [-0.05, 0) is 35.0 Å². The third-order valence-electron chi connectivity index (χ3n) is 3.38.